The highest BCUT2D eigenvalue weighted by Crippen LogP contribution is 2.20. The lowest BCUT2D eigenvalue weighted by Crippen LogP contribution is -1.93. The van der Waals surface area contributed by atoms with E-state index in [1.807, 2.05) is 29.1 Å². The topological polar surface area (TPSA) is 30.7 Å². The van der Waals surface area contributed by atoms with Crippen molar-refractivity contribution in [3.63, 3.8) is 0 Å². The van der Waals surface area contributed by atoms with E-state index >= 15 is 0 Å². The minimum absolute atomic E-state index is 0.878. The van der Waals surface area contributed by atoms with Crippen molar-refractivity contribution in [1.82, 2.24) is 15.0 Å². The molecule has 0 aliphatic carbocycles. The number of thioether (sulfide) groups is 1. The van der Waals surface area contributed by atoms with Gasteiger partial charge in [0.25, 0.3) is 0 Å². The first-order valence-electron chi connectivity index (χ1n) is 4.95. The van der Waals surface area contributed by atoms with Crippen LogP contribution in [-0.2, 0) is 12.3 Å². The Morgan fingerprint density at radius 1 is 1.27 bits per heavy atom. The maximum Gasteiger partial charge on any atom is 0.0929 e. The summed E-state index contributed by atoms with van der Waals surface area (Å²) < 4.78 is 1.85. The van der Waals surface area contributed by atoms with Crippen LogP contribution in [0.15, 0.2) is 41.4 Å². The van der Waals surface area contributed by atoms with Crippen molar-refractivity contribution in [2.75, 3.05) is 0 Å². The Bertz CT molecular complexity index is 411. The Morgan fingerprint density at radius 3 is 2.73 bits per heavy atom. The highest BCUT2D eigenvalue weighted by Gasteiger charge is 2.00. The van der Waals surface area contributed by atoms with E-state index in [4.69, 9.17) is 0 Å². The molecule has 1 aromatic heterocycles. The molecule has 0 saturated heterocycles. The zero-order chi connectivity index (χ0) is 10.5. The lowest BCUT2D eigenvalue weighted by molar-refractivity contribution is 0.626. The zero-order valence-electron chi connectivity index (χ0n) is 8.63. The molecule has 0 unspecified atom stereocenters. The predicted octanol–water partition coefficient (Wildman–Crippen LogP) is 2.59. The monoisotopic (exact) mass is 219 g/mol. The first-order chi connectivity index (χ1) is 7.38. The number of benzene rings is 1. The lowest BCUT2D eigenvalue weighted by atomic mass is 10.4. The van der Waals surface area contributed by atoms with Crippen molar-refractivity contribution in [2.45, 2.75) is 24.1 Å². The Kier molecular flexibility index (Phi) is 3.40. The number of aryl methyl sites for hydroxylation is 1. The summed E-state index contributed by atoms with van der Waals surface area (Å²) in [7, 11) is 0. The second-order valence-corrected chi connectivity index (χ2v) is 4.22. The summed E-state index contributed by atoms with van der Waals surface area (Å²) in [6, 6.07) is 10.3. The Labute approximate surface area is 93.5 Å². The predicted molar refractivity (Wildman–Crippen MR) is 61.7 cm³/mol. The van der Waals surface area contributed by atoms with Crippen LogP contribution in [0.3, 0.4) is 0 Å². The van der Waals surface area contributed by atoms with Crippen LogP contribution in [-0.4, -0.2) is 15.0 Å². The van der Waals surface area contributed by atoms with Gasteiger partial charge in [-0.1, -0.05) is 23.4 Å². The van der Waals surface area contributed by atoms with E-state index in [1.165, 1.54) is 4.90 Å². The van der Waals surface area contributed by atoms with Gasteiger partial charge in [0.2, 0.25) is 0 Å². The van der Waals surface area contributed by atoms with Crippen molar-refractivity contribution < 1.29 is 0 Å². The van der Waals surface area contributed by atoms with Gasteiger partial charge in [0.05, 0.1) is 5.69 Å². The van der Waals surface area contributed by atoms with Crippen molar-refractivity contribution in [3.05, 3.63) is 42.2 Å². The van der Waals surface area contributed by atoms with Gasteiger partial charge >= 0.3 is 0 Å². The Morgan fingerprint density at radius 2 is 2.07 bits per heavy atom. The Balaban J connectivity index is 1.93. The highest BCUT2D eigenvalue weighted by molar-refractivity contribution is 7.98. The molecule has 0 radical (unpaired) electrons. The molecule has 0 N–H and O–H groups in total. The standard InChI is InChI=1S/C11H13N3S/c1-2-14-8-10(12-13-14)9-15-11-6-4-3-5-7-11/h3-8H,2,9H2,1H3. The molecule has 1 aromatic carbocycles. The van der Waals surface area contributed by atoms with Crippen LogP contribution in [0.4, 0.5) is 0 Å². The molecule has 15 heavy (non-hydrogen) atoms. The molecule has 0 aliphatic heterocycles. The van der Waals surface area contributed by atoms with Crippen molar-refractivity contribution >= 4 is 11.8 Å². The summed E-state index contributed by atoms with van der Waals surface area (Å²) in [6.45, 7) is 2.94. The molecule has 3 nitrogen and oxygen atoms in total. The summed E-state index contributed by atoms with van der Waals surface area (Å²) in [6.07, 6.45) is 2.00. The van der Waals surface area contributed by atoms with Gasteiger partial charge in [-0.15, -0.1) is 16.9 Å². The van der Waals surface area contributed by atoms with Crippen LogP contribution >= 0.6 is 11.8 Å². The fraction of sp³-hybridized carbons (Fsp3) is 0.273. The highest BCUT2D eigenvalue weighted by atomic mass is 32.2. The molecule has 78 valence electrons. The minimum atomic E-state index is 0.878. The van der Waals surface area contributed by atoms with Gasteiger partial charge in [-0.05, 0) is 19.1 Å². The van der Waals surface area contributed by atoms with Crippen LogP contribution in [0.25, 0.3) is 0 Å². The summed E-state index contributed by atoms with van der Waals surface area (Å²) in [4.78, 5) is 1.27. The molecule has 0 amide bonds. The zero-order valence-corrected chi connectivity index (χ0v) is 9.44. The van der Waals surface area contributed by atoms with Crippen LogP contribution < -0.4 is 0 Å². The number of nitrogens with zero attached hydrogens (tertiary/aromatic N) is 3. The molecule has 0 aliphatic rings. The summed E-state index contributed by atoms with van der Waals surface area (Å²) in [5.41, 5.74) is 1.03. The molecule has 0 bridgehead atoms. The molecule has 0 atom stereocenters. The van der Waals surface area contributed by atoms with Crippen LogP contribution in [0.2, 0.25) is 0 Å². The first-order valence-corrected chi connectivity index (χ1v) is 5.94. The van der Waals surface area contributed by atoms with E-state index in [-0.39, 0.29) is 0 Å². The number of hydrogen-bond donors (Lipinski definition) is 0. The third-order valence-electron chi connectivity index (χ3n) is 2.04. The van der Waals surface area contributed by atoms with Crippen molar-refractivity contribution in [1.29, 1.82) is 0 Å². The smallest absolute Gasteiger partial charge is 0.0929 e. The van der Waals surface area contributed by atoms with E-state index in [0.29, 0.717) is 0 Å². The minimum Gasteiger partial charge on any atom is -0.253 e. The van der Waals surface area contributed by atoms with Crippen LogP contribution in [0, 0.1) is 0 Å². The van der Waals surface area contributed by atoms with Crippen LogP contribution in [0.5, 0.6) is 0 Å². The maximum absolute atomic E-state index is 4.09. The normalized spacial score (nSPS) is 10.5. The van der Waals surface area contributed by atoms with Gasteiger partial charge in [0.15, 0.2) is 0 Å². The lowest BCUT2D eigenvalue weighted by Gasteiger charge is -1.97. The van der Waals surface area contributed by atoms with Crippen LogP contribution in [0.1, 0.15) is 12.6 Å². The second-order valence-electron chi connectivity index (χ2n) is 3.17. The molecule has 4 heteroatoms. The molecule has 0 fully saturated rings. The van der Waals surface area contributed by atoms with E-state index in [9.17, 15) is 0 Å². The quantitative estimate of drug-likeness (QED) is 0.740. The molecule has 0 saturated carbocycles. The van der Waals surface area contributed by atoms with Crippen molar-refractivity contribution in [3.8, 4) is 0 Å². The SMILES string of the molecule is CCn1cc(CSc2ccccc2)nn1. The maximum atomic E-state index is 4.09. The molecule has 0 spiro atoms. The fourth-order valence-electron chi connectivity index (χ4n) is 1.23. The third-order valence-corrected chi connectivity index (χ3v) is 3.09. The largest absolute Gasteiger partial charge is 0.253 e. The molecule has 2 rings (SSSR count). The molecular formula is C11H13N3S. The van der Waals surface area contributed by atoms with E-state index in [0.717, 1.165) is 18.0 Å². The summed E-state index contributed by atoms with van der Waals surface area (Å²) in [5, 5.41) is 8.09. The van der Waals surface area contributed by atoms with E-state index in [2.05, 4.69) is 29.4 Å². The average molecular weight is 219 g/mol. The number of rotatable bonds is 4. The van der Waals surface area contributed by atoms with Gasteiger partial charge < -0.3 is 0 Å². The molecule has 1 heterocycles. The summed E-state index contributed by atoms with van der Waals surface area (Å²) >= 11 is 1.78. The van der Waals surface area contributed by atoms with Gasteiger partial charge in [0.1, 0.15) is 0 Å². The number of aromatic nitrogens is 3. The average Bonchev–Trinajstić information content (AvgIpc) is 2.76. The van der Waals surface area contributed by atoms with Gasteiger partial charge in [-0.2, -0.15) is 0 Å². The second kappa shape index (κ2) is 4.98. The fourth-order valence-corrected chi connectivity index (χ4v) is 2.03. The van der Waals surface area contributed by atoms with Gasteiger partial charge in [0, 0.05) is 23.4 Å². The van der Waals surface area contributed by atoms with Crippen molar-refractivity contribution in [2.24, 2.45) is 0 Å². The number of hydrogen-bond acceptors (Lipinski definition) is 3. The van der Waals surface area contributed by atoms with E-state index < -0.39 is 0 Å². The summed E-state index contributed by atoms with van der Waals surface area (Å²) in [5.74, 6) is 0.879. The molecule has 2 aromatic rings. The van der Waals surface area contributed by atoms with Gasteiger partial charge in [-0.25, -0.2) is 0 Å². The van der Waals surface area contributed by atoms with E-state index in [1.54, 1.807) is 11.8 Å². The third kappa shape index (κ3) is 2.83. The molecular weight excluding hydrogens is 206 g/mol. The van der Waals surface area contributed by atoms with Gasteiger partial charge in [-0.3, -0.25) is 4.68 Å². The first kappa shape index (κ1) is 10.2. The Hall–Kier alpha value is -1.29.